The maximum absolute atomic E-state index is 12.4. The van der Waals surface area contributed by atoms with Crippen LogP contribution in [0.3, 0.4) is 0 Å². The van der Waals surface area contributed by atoms with Gasteiger partial charge in [-0.05, 0) is 77.4 Å². The van der Waals surface area contributed by atoms with Gasteiger partial charge in [0.15, 0.2) is 6.61 Å². The monoisotopic (exact) mass is 457 g/mol. The van der Waals surface area contributed by atoms with E-state index in [0.717, 1.165) is 14.7 Å². The van der Waals surface area contributed by atoms with Crippen LogP contribution in [0.4, 0.5) is 5.69 Å². The standard InChI is InChI=1S/C20H16IN3O2/c1-13-4-3-5-18(14(13)2)24-20(25)16(12-23)10-15-6-7-19(17(21)11-15)26-9-8-22/h3-7,10-11H,9H2,1-2H3,(H,24,25)/b16-10+. The smallest absolute Gasteiger partial charge is 0.266 e. The lowest BCUT2D eigenvalue weighted by Crippen LogP contribution is -2.14. The molecule has 0 aliphatic rings. The molecule has 0 atom stereocenters. The van der Waals surface area contributed by atoms with Crippen molar-refractivity contribution in [3.05, 3.63) is 62.2 Å². The molecule has 0 spiro atoms. The highest BCUT2D eigenvalue weighted by Gasteiger charge is 2.12. The third-order valence-electron chi connectivity index (χ3n) is 3.78. The second kappa shape index (κ2) is 9.02. The van der Waals surface area contributed by atoms with Crippen molar-refractivity contribution < 1.29 is 9.53 Å². The molecular weight excluding hydrogens is 441 g/mol. The maximum Gasteiger partial charge on any atom is 0.266 e. The Morgan fingerprint density at radius 3 is 2.69 bits per heavy atom. The van der Waals surface area contributed by atoms with Gasteiger partial charge < -0.3 is 10.1 Å². The second-order valence-electron chi connectivity index (χ2n) is 5.51. The summed E-state index contributed by atoms with van der Waals surface area (Å²) >= 11 is 2.08. The van der Waals surface area contributed by atoms with Gasteiger partial charge in [0, 0.05) is 5.69 Å². The summed E-state index contributed by atoms with van der Waals surface area (Å²) in [6, 6.07) is 14.7. The first kappa shape index (κ1) is 19.5. The summed E-state index contributed by atoms with van der Waals surface area (Å²) in [4.78, 5) is 12.4. The Bertz CT molecular complexity index is 953. The topological polar surface area (TPSA) is 85.9 Å². The van der Waals surface area contributed by atoms with E-state index < -0.39 is 5.91 Å². The lowest BCUT2D eigenvalue weighted by molar-refractivity contribution is -0.112. The molecule has 0 saturated heterocycles. The molecule has 1 N–H and O–H groups in total. The van der Waals surface area contributed by atoms with Gasteiger partial charge in [-0.2, -0.15) is 10.5 Å². The number of nitrogens with zero attached hydrogens (tertiary/aromatic N) is 2. The largest absolute Gasteiger partial charge is 0.478 e. The van der Waals surface area contributed by atoms with Gasteiger partial charge in [0.05, 0.1) is 3.57 Å². The van der Waals surface area contributed by atoms with Crippen molar-refractivity contribution >= 4 is 40.3 Å². The molecular formula is C20H16IN3O2. The highest BCUT2D eigenvalue weighted by Crippen LogP contribution is 2.24. The number of carbonyl (C=O) groups is 1. The summed E-state index contributed by atoms with van der Waals surface area (Å²) < 4.78 is 6.08. The van der Waals surface area contributed by atoms with Crippen LogP contribution in [-0.2, 0) is 4.79 Å². The van der Waals surface area contributed by atoms with Crippen molar-refractivity contribution in [3.63, 3.8) is 0 Å². The van der Waals surface area contributed by atoms with Crippen LogP contribution < -0.4 is 10.1 Å². The molecule has 0 fully saturated rings. The van der Waals surface area contributed by atoms with E-state index >= 15 is 0 Å². The van der Waals surface area contributed by atoms with E-state index in [9.17, 15) is 10.1 Å². The van der Waals surface area contributed by atoms with Gasteiger partial charge in [0.1, 0.15) is 23.5 Å². The van der Waals surface area contributed by atoms with Gasteiger partial charge in [-0.3, -0.25) is 4.79 Å². The van der Waals surface area contributed by atoms with Gasteiger partial charge in [0.2, 0.25) is 0 Å². The number of nitriles is 2. The van der Waals surface area contributed by atoms with Crippen LogP contribution in [0.5, 0.6) is 5.75 Å². The molecule has 5 nitrogen and oxygen atoms in total. The highest BCUT2D eigenvalue weighted by atomic mass is 127. The van der Waals surface area contributed by atoms with E-state index in [1.54, 1.807) is 24.3 Å². The number of halogens is 1. The van der Waals surface area contributed by atoms with E-state index in [2.05, 4.69) is 27.9 Å². The van der Waals surface area contributed by atoms with Crippen molar-refractivity contribution in [2.24, 2.45) is 0 Å². The fourth-order valence-electron chi connectivity index (χ4n) is 2.23. The number of benzene rings is 2. The molecule has 2 aromatic carbocycles. The SMILES string of the molecule is Cc1cccc(NC(=O)/C(C#N)=C/c2ccc(OCC#N)c(I)c2)c1C. The number of anilines is 1. The van der Waals surface area contributed by atoms with Gasteiger partial charge in [-0.25, -0.2) is 0 Å². The van der Waals surface area contributed by atoms with Gasteiger partial charge in [-0.15, -0.1) is 0 Å². The number of carbonyl (C=O) groups excluding carboxylic acids is 1. The van der Waals surface area contributed by atoms with E-state index in [4.69, 9.17) is 10.00 Å². The summed E-state index contributed by atoms with van der Waals surface area (Å²) in [5.41, 5.74) is 3.42. The fraction of sp³-hybridized carbons (Fsp3) is 0.150. The zero-order valence-electron chi connectivity index (χ0n) is 14.3. The molecule has 0 unspecified atom stereocenters. The fourth-order valence-corrected chi connectivity index (χ4v) is 2.92. The first-order valence-electron chi connectivity index (χ1n) is 7.75. The van der Waals surface area contributed by atoms with Crippen LogP contribution in [0.25, 0.3) is 6.08 Å². The van der Waals surface area contributed by atoms with Crippen molar-refractivity contribution in [2.45, 2.75) is 13.8 Å². The van der Waals surface area contributed by atoms with Gasteiger partial charge >= 0.3 is 0 Å². The molecule has 0 aliphatic carbocycles. The van der Waals surface area contributed by atoms with Gasteiger partial charge in [-0.1, -0.05) is 18.2 Å². The average molecular weight is 457 g/mol. The Morgan fingerprint density at radius 2 is 2.04 bits per heavy atom. The number of aryl methyl sites for hydroxylation is 1. The number of ether oxygens (including phenoxy) is 1. The molecule has 130 valence electrons. The summed E-state index contributed by atoms with van der Waals surface area (Å²) in [5.74, 6) is 0.128. The normalized spacial score (nSPS) is 10.6. The van der Waals surface area contributed by atoms with Crippen molar-refractivity contribution in [3.8, 4) is 17.9 Å². The molecule has 26 heavy (non-hydrogen) atoms. The van der Waals surface area contributed by atoms with E-state index in [-0.39, 0.29) is 12.2 Å². The van der Waals surface area contributed by atoms with Crippen molar-refractivity contribution in [1.82, 2.24) is 0 Å². The molecule has 6 heteroatoms. The Balaban J connectivity index is 2.23. The third kappa shape index (κ3) is 4.84. The van der Waals surface area contributed by atoms with E-state index in [1.807, 2.05) is 38.1 Å². The number of amides is 1. The third-order valence-corrected chi connectivity index (χ3v) is 4.62. The summed E-state index contributed by atoms with van der Waals surface area (Å²) in [6.45, 7) is 3.85. The number of nitrogens with one attached hydrogen (secondary N) is 1. The van der Waals surface area contributed by atoms with Crippen molar-refractivity contribution in [2.75, 3.05) is 11.9 Å². The average Bonchev–Trinajstić information content (AvgIpc) is 2.62. The molecule has 0 aliphatic heterocycles. The lowest BCUT2D eigenvalue weighted by atomic mass is 10.1. The first-order chi connectivity index (χ1) is 12.5. The van der Waals surface area contributed by atoms with Gasteiger partial charge in [0.25, 0.3) is 5.91 Å². The van der Waals surface area contributed by atoms with Crippen molar-refractivity contribution in [1.29, 1.82) is 10.5 Å². The highest BCUT2D eigenvalue weighted by molar-refractivity contribution is 14.1. The summed E-state index contributed by atoms with van der Waals surface area (Å²) in [6.07, 6.45) is 1.52. The van der Waals surface area contributed by atoms with Crippen LogP contribution in [0.1, 0.15) is 16.7 Å². The summed E-state index contributed by atoms with van der Waals surface area (Å²) in [5, 5.41) is 20.7. The molecule has 0 bridgehead atoms. The lowest BCUT2D eigenvalue weighted by Gasteiger charge is -2.10. The first-order valence-corrected chi connectivity index (χ1v) is 8.82. The quantitative estimate of drug-likeness (QED) is 0.411. The Labute approximate surface area is 166 Å². The number of hydrogen-bond donors (Lipinski definition) is 1. The van der Waals surface area contributed by atoms with Crippen LogP contribution >= 0.6 is 22.6 Å². The van der Waals surface area contributed by atoms with Crippen LogP contribution in [0, 0.1) is 40.1 Å². The molecule has 0 radical (unpaired) electrons. The van der Waals surface area contributed by atoms with Crippen LogP contribution in [0.2, 0.25) is 0 Å². The number of hydrogen-bond acceptors (Lipinski definition) is 4. The molecule has 1 amide bonds. The Morgan fingerprint density at radius 1 is 1.27 bits per heavy atom. The molecule has 0 heterocycles. The number of rotatable bonds is 5. The van der Waals surface area contributed by atoms with Crippen LogP contribution in [-0.4, -0.2) is 12.5 Å². The van der Waals surface area contributed by atoms with Crippen LogP contribution in [0.15, 0.2) is 42.0 Å². The Hall–Kier alpha value is -2.84. The molecule has 2 aromatic rings. The minimum Gasteiger partial charge on any atom is -0.478 e. The Kier molecular flexibility index (Phi) is 6.76. The maximum atomic E-state index is 12.4. The molecule has 0 aromatic heterocycles. The van der Waals surface area contributed by atoms with E-state index in [1.165, 1.54) is 6.08 Å². The minimum absolute atomic E-state index is 0.00685. The zero-order valence-corrected chi connectivity index (χ0v) is 16.5. The predicted molar refractivity (Wildman–Crippen MR) is 108 cm³/mol. The molecule has 2 rings (SSSR count). The minimum atomic E-state index is -0.457. The predicted octanol–water partition coefficient (Wildman–Crippen LogP) is 4.36. The van der Waals surface area contributed by atoms with E-state index in [0.29, 0.717) is 17.0 Å². The second-order valence-corrected chi connectivity index (χ2v) is 6.67. The molecule has 0 saturated carbocycles. The summed E-state index contributed by atoms with van der Waals surface area (Å²) in [7, 11) is 0. The zero-order chi connectivity index (χ0) is 19.1.